The van der Waals surface area contributed by atoms with E-state index in [2.05, 4.69) is 10.2 Å². The predicted molar refractivity (Wildman–Crippen MR) is 126 cm³/mol. The van der Waals surface area contributed by atoms with Gasteiger partial charge in [0, 0.05) is 12.1 Å². The number of hydrogen-bond acceptors (Lipinski definition) is 5. The van der Waals surface area contributed by atoms with Gasteiger partial charge in [-0.15, -0.1) is 0 Å². The minimum absolute atomic E-state index is 0.369. The highest BCUT2D eigenvalue weighted by Crippen LogP contribution is 2.37. The predicted octanol–water partition coefficient (Wildman–Crippen LogP) is 4.71. The molecule has 4 aromatic rings. The van der Waals surface area contributed by atoms with Crippen molar-refractivity contribution in [3.05, 3.63) is 65.7 Å². The van der Waals surface area contributed by atoms with E-state index in [1.54, 1.807) is 31.4 Å². The molecule has 5 N–H and O–H groups in total. The lowest BCUT2D eigenvalue weighted by Crippen LogP contribution is -2.31. The zero-order valence-corrected chi connectivity index (χ0v) is 18.1. The number of aromatic amines is 1. The zero-order chi connectivity index (χ0) is 22.7. The molecule has 0 saturated carbocycles. The maximum Gasteiger partial charge on any atom is 0.323 e. The Labute approximate surface area is 189 Å². The molecule has 8 nitrogen and oxygen atoms in total. The molecule has 0 fully saturated rings. The average Bonchev–Trinajstić information content (AvgIpc) is 3.17. The number of fused-ring (bicyclic) bond motifs is 1. The number of halogens is 1. The summed E-state index contributed by atoms with van der Waals surface area (Å²) in [6.45, 7) is 0.877. The van der Waals surface area contributed by atoms with Crippen LogP contribution in [-0.2, 0) is 4.74 Å². The fraction of sp³-hybridized carbons (Fsp3) is 0.130. The summed E-state index contributed by atoms with van der Waals surface area (Å²) >= 11 is 6.08. The molecule has 4 rings (SSSR count). The van der Waals surface area contributed by atoms with E-state index in [1.807, 2.05) is 36.4 Å². The number of rotatable bonds is 7. The quantitative estimate of drug-likeness (QED) is 0.351. The van der Waals surface area contributed by atoms with Crippen molar-refractivity contribution in [3.63, 3.8) is 0 Å². The monoisotopic (exact) mass is 451 g/mol. The van der Waals surface area contributed by atoms with Gasteiger partial charge < -0.3 is 20.9 Å². The fourth-order valence-electron chi connectivity index (χ4n) is 3.54. The van der Waals surface area contributed by atoms with Crippen LogP contribution in [0.15, 0.2) is 60.7 Å². The standard InChI is InChI=1S/C23H22ClN5O3/c1-31-11-12-32-19-10-9-18(20-21(19)27-28-22(20)25)14-5-7-16(8-6-14)29(23(26)30)17-4-2-3-15(24)13-17/h2-10,13H,11-12H2,1H3,(H2,26,30)(H3,25,27,28). The Kier molecular flexibility index (Phi) is 6.16. The van der Waals surface area contributed by atoms with Gasteiger partial charge in [0.15, 0.2) is 5.82 Å². The summed E-state index contributed by atoms with van der Waals surface area (Å²) in [5, 5.41) is 8.36. The van der Waals surface area contributed by atoms with E-state index in [0.717, 1.165) is 16.5 Å². The Bertz CT molecular complexity index is 1260. The number of amides is 2. The first-order valence-corrected chi connectivity index (χ1v) is 10.2. The summed E-state index contributed by atoms with van der Waals surface area (Å²) in [5.41, 5.74) is 15.5. The van der Waals surface area contributed by atoms with E-state index in [0.29, 0.717) is 46.7 Å². The van der Waals surface area contributed by atoms with E-state index < -0.39 is 6.03 Å². The molecule has 164 valence electrons. The maximum absolute atomic E-state index is 12.2. The van der Waals surface area contributed by atoms with E-state index >= 15 is 0 Å². The van der Waals surface area contributed by atoms with E-state index in [4.69, 9.17) is 32.5 Å². The van der Waals surface area contributed by atoms with Crippen molar-refractivity contribution in [2.24, 2.45) is 5.73 Å². The second-order valence-electron chi connectivity index (χ2n) is 7.01. The lowest BCUT2D eigenvalue weighted by Gasteiger charge is -2.21. The molecule has 1 heterocycles. The third kappa shape index (κ3) is 4.18. The van der Waals surface area contributed by atoms with Crippen LogP contribution in [-0.4, -0.2) is 36.6 Å². The largest absolute Gasteiger partial charge is 0.489 e. The van der Waals surface area contributed by atoms with Crippen LogP contribution in [0.5, 0.6) is 5.75 Å². The van der Waals surface area contributed by atoms with Crippen LogP contribution in [0.4, 0.5) is 22.0 Å². The van der Waals surface area contributed by atoms with E-state index in [1.165, 1.54) is 4.90 Å². The number of methoxy groups -OCH3 is 1. The Morgan fingerprint density at radius 2 is 1.88 bits per heavy atom. The summed E-state index contributed by atoms with van der Waals surface area (Å²) < 4.78 is 10.8. The number of primary amides is 1. The van der Waals surface area contributed by atoms with Gasteiger partial charge in [-0.05, 0) is 53.6 Å². The third-order valence-corrected chi connectivity index (χ3v) is 5.21. The molecule has 9 heteroatoms. The molecule has 0 atom stereocenters. The Morgan fingerprint density at radius 1 is 1.09 bits per heavy atom. The lowest BCUT2D eigenvalue weighted by molar-refractivity contribution is 0.147. The number of ether oxygens (including phenoxy) is 2. The number of nitrogens with one attached hydrogen (secondary N) is 1. The van der Waals surface area contributed by atoms with Gasteiger partial charge in [0.2, 0.25) is 0 Å². The number of aromatic nitrogens is 2. The number of carbonyl (C=O) groups is 1. The highest BCUT2D eigenvalue weighted by molar-refractivity contribution is 6.31. The first-order chi connectivity index (χ1) is 15.5. The summed E-state index contributed by atoms with van der Waals surface area (Å²) in [4.78, 5) is 13.5. The average molecular weight is 452 g/mol. The van der Waals surface area contributed by atoms with E-state index in [-0.39, 0.29) is 0 Å². The van der Waals surface area contributed by atoms with Crippen molar-refractivity contribution < 1.29 is 14.3 Å². The number of urea groups is 1. The van der Waals surface area contributed by atoms with Crippen molar-refractivity contribution in [2.75, 3.05) is 31.0 Å². The second-order valence-corrected chi connectivity index (χ2v) is 7.45. The van der Waals surface area contributed by atoms with Gasteiger partial charge in [-0.25, -0.2) is 4.79 Å². The molecular formula is C23H22ClN5O3. The number of carbonyl (C=O) groups excluding carboxylic acids is 1. The fourth-order valence-corrected chi connectivity index (χ4v) is 3.72. The van der Waals surface area contributed by atoms with Gasteiger partial charge in [0.1, 0.15) is 17.9 Å². The molecule has 0 spiro atoms. The van der Waals surface area contributed by atoms with Gasteiger partial charge in [0.05, 0.1) is 23.4 Å². The van der Waals surface area contributed by atoms with Gasteiger partial charge in [-0.3, -0.25) is 10.00 Å². The number of H-pyrrole nitrogens is 1. The smallest absolute Gasteiger partial charge is 0.323 e. The Balaban J connectivity index is 1.70. The van der Waals surface area contributed by atoms with Crippen molar-refractivity contribution >= 4 is 45.7 Å². The summed E-state index contributed by atoms with van der Waals surface area (Å²) in [6, 6.07) is 17.5. The summed E-state index contributed by atoms with van der Waals surface area (Å²) in [6.07, 6.45) is 0. The van der Waals surface area contributed by atoms with Crippen molar-refractivity contribution in [1.82, 2.24) is 10.2 Å². The molecule has 0 aliphatic carbocycles. The third-order valence-electron chi connectivity index (χ3n) is 4.98. The minimum Gasteiger partial charge on any atom is -0.489 e. The molecule has 3 aromatic carbocycles. The zero-order valence-electron chi connectivity index (χ0n) is 17.3. The van der Waals surface area contributed by atoms with Crippen molar-refractivity contribution in [2.45, 2.75) is 0 Å². The Morgan fingerprint density at radius 3 is 2.56 bits per heavy atom. The van der Waals surface area contributed by atoms with Crippen LogP contribution in [0.2, 0.25) is 5.02 Å². The van der Waals surface area contributed by atoms with Gasteiger partial charge in [-0.2, -0.15) is 5.10 Å². The first-order valence-electron chi connectivity index (χ1n) is 9.83. The molecule has 0 aliphatic heterocycles. The normalized spacial score (nSPS) is 10.9. The summed E-state index contributed by atoms with van der Waals surface area (Å²) in [5.74, 6) is 1.01. The van der Waals surface area contributed by atoms with Crippen molar-refractivity contribution in [3.8, 4) is 16.9 Å². The molecular weight excluding hydrogens is 430 g/mol. The van der Waals surface area contributed by atoms with Crippen LogP contribution in [0.1, 0.15) is 0 Å². The van der Waals surface area contributed by atoms with Crippen molar-refractivity contribution in [1.29, 1.82) is 0 Å². The summed E-state index contributed by atoms with van der Waals surface area (Å²) in [7, 11) is 1.62. The van der Waals surface area contributed by atoms with Gasteiger partial charge in [0.25, 0.3) is 0 Å². The molecule has 0 radical (unpaired) electrons. The molecule has 1 aromatic heterocycles. The first kappa shape index (κ1) is 21.5. The second kappa shape index (κ2) is 9.17. The topological polar surface area (TPSA) is 119 Å². The lowest BCUT2D eigenvalue weighted by atomic mass is 10.0. The molecule has 0 bridgehead atoms. The Hall–Kier alpha value is -3.75. The van der Waals surface area contributed by atoms with Gasteiger partial charge in [-0.1, -0.05) is 29.8 Å². The van der Waals surface area contributed by atoms with E-state index in [9.17, 15) is 4.79 Å². The number of anilines is 3. The van der Waals surface area contributed by atoms with Gasteiger partial charge >= 0.3 is 6.03 Å². The molecule has 32 heavy (non-hydrogen) atoms. The number of benzene rings is 3. The number of nitrogens with two attached hydrogens (primary N) is 2. The molecule has 0 aliphatic rings. The minimum atomic E-state index is -0.612. The highest BCUT2D eigenvalue weighted by Gasteiger charge is 2.18. The van der Waals surface area contributed by atoms with Crippen LogP contribution in [0, 0.1) is 0 Å². The highest BCUT2D eigenvalue weighted by atomic mass is 35.5. The number of nitrogen functional groups attached to an aromatic ring is 1. The number of hydrogen-bond donors (Lipinski definition) is 3. The van der Waals surface area contributed by atoms with Crippen LogP contribution >= 0.6 is 11.6 Å². The van der Waals surface area contributed by atoms with Crippen LogP contribution in [0.3, 0.4) is 0 Å². The van der Waals surface area contributed by atoms with Crippen LogP contribution < -0.4 is 21.1 Å². The molecule has 0 saturated heterocycles. The maximum atomic E-state index is 12.2. The molecule has 0 unspecified atom stereocenters. The molecule has 2 amide bonds. The van der Waals surface area contributed by atoms with Crippen LogP contribution in [0.25, 0.3) is 22.0 Å². The number of nitrogens with zero attached hydrogens (tertiary/aromatic N) is 2. The SMILES string of the molecule is COCCOc1ccc(-c2ccc(N(C(N)=O)c3cccc(Cl)c3)cc2)c2c(N)n[nH]c12.